The van der Waals surface area contributed by atoms with Crippen LogP contribution in [0.5, 0.6) is 5.75 Å². The predicted octanol–water partition coefficient (Wildman–Crippen LogP) is 2.52. The number of H-pyrrole nitrogens is 1. The molecule has 6 nitrogen and oxygen atoms in total. The third-order valence-corrected chi connectivity index (χ3v) is 4.37. The van der Waals surface area contributed by atoms with Crippen LogP contribution in [0.4, 0.5) is 5.69 Å². The second kappa shape index (κ2) is 5.40. The molecule has 0 radical (unpaired) electrons. The van der Waals surface area contributed by atoms with Gasteiger partial charge in [-0.05, 0) is 29.2 Å². The fourth-order valence-corrected chi connectivity index (χ4v) is 2.82. The number of hydrogen-bond acceptors (Lipinski definition) is 4. The maximum Gasteiger partial charge on any atom is 0.278 e. The Balaban J connectivity index is 2.43. The van der Waals surface area contributed by atoms with Crippen LogP contribution >= 0.6 is 0 Å². The minimum absolute atomic E-state index is 0.00529. The Morgan fingerprint density at radius 3 is 2.48 bits per heavy atom. The van der Waals surface area contributed by atoms with Gasteiger partial charge in [0.05, 0.1) is 19.0 Å². The van der Waals surface area contributed by atoms with Crippen molar-refractivity contribution >= 4 is 15.7 Å². The molecule has 0 aliphatic carbocycles. The van der Waals surface area contributed by atoms with Gasteiger partial charge in [0.1, 0.15) is 5.75 Å². The molecule has 7 heteroatoms. The number of nitrogens with zero attached hydrogens (tertiary/aromatic N) is 1. The fourth-order valence-electron chi connectivity index (χ4n) is 1.85. The predicted molar refractivity (Wildman–Crippen MR) is 81.1 cm³/mol. The van der Waals surface area contributed by atoms with E-state index in [1.807, 2.05) is 6.07 Å². The number of aromatic nitrogens is 2. The van der Waals surface area contributed by atoms with Gasteiger partial charge in [-0.2, -0.15) is 13.5 Å². The lowest BCUT2D eigenvalue weighted by Gasteiger charge is -2.21. The average Bonchev–Trinajstić information content (AvgIpc) is 2.91. The maximum atomic E-state index is 12.3. The first kappa shape index (κ1) is 15.4. The summed E-state index contributed by atoms with van der Waals surface area (Å²) in [5, 5.41) is 6.10. The van der Waals surface area contributed by atoms with E-state index in [0.717, 1.165) is 5.56 Å². The zero-order chi connectivity index (χ0) is 15.7. The molecule has 0 atom stereocenters. The first-order valence-corrected chi connectivity index (χ1v) is 7.93. The van der Waals surface area contributed by atoms with Crippen LogP contribution in [0.1, 0.15) is 26.3 Å². The van der Waals surface area contributed by atoms with E-state index in [-0.39, 0.29) is 10.4 Å². The first-order valence-electron chi connectivity index (χ1n) is 6.45. The molecular formula is C14H19N3O3S. The highest BCUT2D eigenvalue weighted by atomic mass is 32.2. The Morgan fingerprint density at radius 2 is 1.95 bits per heavy atom. The summed E-state index contributed by atoms with van der Waals surface area (Å²) in [7, 11) is -2.21. The van der Waals surface area contributed by atoms with Crippen molar-refractivity contribution in [1.82, 2.24) is 10.2 Å². The number of rotatable bonds is 4. The highest BCUT2D eigenvalue weighted by molar-refractivity contribution is 7.92. The standard InChI is InChI=1S/C14H19N3O3S/c1-14(2,3)10-5-6-12(20-4)11(9-10)17-21(18,19)13-7-8-15-16-13/h5-9,17H,1-4H3,(H,15,16). The van der Waals surface area contributed by atoms with E-state index in [1.54, 1.807) is 12.1 Å². The SMILES string of the molecule is COc1ccc(C(C)(C)C)cc1NS(=O)(=O)c1ccn[nH]1. The van der Waals surface area contributed by atoms with Crippen LogP contribution in [0.2, 0.25) is 0 Å². The summed E-state index contributed by atoms with van der Waals surface area (Å²) >= 11 is 0. The number of methoxy groups -OCH3 is 1. The van der Waals surface area contributed by atoms with Crippen LogP contribution in [-0.4, -0.2) is 25.7 Å². The zero-order valence-corrected chi connectivity index (χ0v) is 13.3. The van der Waals surface area contributed by atoms with Gasteiger partial charge in [0, 0.05) is 0 Å². The Bertz CT molecular complexity index is 716. The van der Waals surface area contributed by atoms with E-state index in [4.69, 9.17) is 4.74 Å². The fraction of sp³-hybridized carbons (Fsp3) is 0.357. The Kier molecular flexibility index (Phi) is 3.95. The van der Waals surface area contributed by atoms with Crippen molar-refractivity contribution < 1.29 is 13.2 Å². The van der Waals surface area contributed by atoms with Gasteiger partial charge in [-0.1, -0.05) is 26.8 Å². The molecular weight excluding hydrogens is 290 g/mol. The maximum absolute atomic E-state index is 12.3. The normalized spacial score (nSPS) is 12.2. The second-order valence-electron chi connectivity index (χ2n) is 5.69. The number of benzene rings is 1. The monoisotopic (exact) mass is 309 g/mol. The number of nitrogens with one attached hydrogen (secondary N) is 2. The van der Waals surface area contributed by atoms with Crippen molar-refractivity contribution in [2.75, 3.05) is 11.8 Å². The van der Waals surface area contributed by atoms with Crippen LogP contribution in [0.3, 0.4) is 0 Å². The number of aromatic amines is 1. The molecule has 0 saturated heterocycles. The van der Waals surface area contributed by atoms with Crippen molar-refractivity contribution in [3.8, 4) is 5.75 Å². The highest BCUT2D eigenvalue weighted by Crippen LogP contribution is 2.32. The van der Waals surface area contributed by atoms with E-state index >= 15 is 0 Å². The zero-order valence-electron chi connectivity index (χ0n) is 12.5. The molecule has 0 aliphatic heterocycles. The molecule has 114 valence electrons. The Labute approximate surface area is 124 Å². The van der Waals surface area contributed by atoms with Crippen LogP contribution in [0, 0.1) is 0 Å². The number of ether oxygens (including phenoxy) is 1. The summed E-state index contributed by atoms with van der Waals surface area (Å²) in [6, 6.07) is 6.85. The van der Waals surface area contributed by atoms with E-state index in [0.29, 0.717) is 11.4 Å². The lowest BCUT2D eigenvalue weighted by atomic mass is 9.87. The largest absolute Gasteiger partial charge is 0.495 e. The third-order valence-electron chi connectivity index (χ3n) is 3.07. The molecule has 0 saturated carbocycles. The number of anilines is 1. The van der Waals surface area contributed by atoms with Crippen molar-refractivity contribution in [2.45, 2.75) is 31.2 Å². The molecule has 1 heterocycles. The van der Waals surface area contributed by atoms with Crippen molar-refractivity contribution in [3.05, 3.63) is 36.0 Å². The number of sulfonamides is 1. The molecule has 0 unspecified atom stereocenters. The molecule has 0 aliphatic rings. The van der Waals surface area contributed by atoms with Gasteiger partial charge in [-0.25, -0.2) is 0 Å². The minimum Gasteiger partial charge on any atom is -0.495 e. The quantitative estimate of drug-likeness (QED) is 0.909. The summed E-state index contributed by atoms with van der Waals surface area (Å²) in [5.41, 5.74) is 1.31. The molecule has 0 fully saturated rings. The van der Waals surface area contributed by atoms with Crippen LogP contribution < -0.4 is 9.46 Å². The molecule has 2 N–H and O–H groups in total. The van der Waals surface area contributed by atoms with Gasteiger partial charge in [-0.15, -0.1) is 0 Å². The minimum atomic E-state index is -3.71. The van der Waals surface area contributed by atoms with E-state index in [9.17, 15) is 8.42 Å². The van der Waals surface area contributed by atoms with Crippen molar-refractivity contribution in [1.29, 1.82) is 0 Å². The molecule has 2 rings (SSSR count). The summed E-state index contributed by atoms with van der Waals surface area (Å²) in [6.45, 7) is 6.17. The molecule has 1 aromatic carbocycles. The molecule has 1 aromatic heterocycles. The summed E-state index contributed by atoms with van der Waals surface area (Å²) in [5.74, 6) is 0.464. The van der Waals surface area contributed by atoms with Crippen LogP contribution in [0.15, 0.2) is 35.5 Å². The Morgan fingerprint density at radius 1 is 1.24 bits per heavy atom. The van der Waals surface area contributed by atoms with E-state index in [2.05, 4.69) is 35.7 Å². The van der Waals surface area contributed by atoms with E-state index < -0.39 is 10.0 Å². The van der Waals surface area contributed by atoms with Crippen molar-refractivity contribution in [2.24, 2.45) is 0 Å². The highest BCUT2D eigenvalue weighted by Gasteiger charge is 2.20. The van der Waals surface area contributed by atoms with Gasteiger partial charge in [0.15, 0.2) is 5.03 Å². The first-order chi connectivity index (χ1) is 9.74. The summed E-state index contributed by atoms with van der Waals surface area (Å²) in [6.07, 6.45) is 1.39. The number of hydrogen-bond donors (Lipinski definition) is 2. The average molecular weight is 309 g/mol. The molecule has 0 spiro atoms. The second-order valence-corrected chi connectivity index (χ2v) is 7.34. The molecule has 2 aromatic rings. The van der Waals surface area contributed by atoms with E-state index in [1.165, 1.54) is 19.4 Å². The molecule has 21 heavy (non-hydrogen) atoms. The van der Waals surface area contributed by atoms with Gasteiger partial charge >= 0.3 is 0 Å². The van der Waals surface area contributed by atoms with Gasteiger partial charge in [0.25, 0.3) is 10.0 Å². The lowest BCUT2D eigenvalue weighted by molar-refractivity contribution is 0.416. The third kappa shape index (κ3) is 3.36. The van der Waals surface area contributed by atoms with Gasteiger partial charge in [-0.3, -0.25) is 9.82 Å². The smallest absolute Gasteiger partial charge is 0.278 e. The lowest BCUT2D eigenvalue weighted by Crippen LogP contribution is -2.16. The molecule has 0 amide bonds. The van der Waals surface area contributed by atoms with Gasteiger partial charge < -0.3 is 4.74 Å². The summed E-state index contributed by atoms with van der Waals surface area (Å²) < 4.78 is 32.3. The van der Waals surface area contributed by atoms with Gasteiger partial charge in [0.2, 0.25) is 0 Å². The van der Waals surface area contributed by atoms with Crippen LogP contribution in [-0.2, 0) is 15.4 Å². The van der Waals surface area contributed by atoms with Crippen LogP contribution in [0.25, 0.3) is 0 Å². The summed E-state index contributed by atoms with van der Waals surface area (Å²) in [4.78, 5) is 0. The molecule has 0 bridgehead atoms. The van der Waals surface area contributed by atoms with Crippen molar-refractivity contribution in [3.63, 3.8) is 0 Å². The Hall–Kier alpha value is -2.02. The topological polar surface area (TPSA) is 84.1 Å².